The van der Waals surface area contributed by atoms with Crippen molar-refractivity contribution in [1.29, 1.82) is 0 Å². The lowest BCUT2D eigenvalue weighted by Gasteiger charge is -2.19. The maximum Gasteiger partial charge on any atom is 0.332 e. The minimum atomic E-state index is -0.869. The van der Waals surface area contributed by atoms with E-state index in [9.17, 15) is 28.3 Å². The Hall–Kier alpha value is -5.43. The fourth-order valence-electron chi connectivity index (χ4n) is 6.12. The summed E-state index contributed by atoms with van der Waals surface area (Å²) >= 11 is 0. The Kier molecular flexibility index (Phi) is 6.51. The minimum Gasteiger partial charge on any atom is -0.433 e. The molecule has 3 aliphatic rings. The van der Waals surface area contributed by atoms with Crippen LogP contribution in [0.5, 0.6) is 11.6 Å². The van der Waals surface area contributed by atoms with Gasteiger partial charge in [-0.1, -0.05) is 6.07 Å². The number of nitrogens with zero attached hydrogens (tertiary/aromatic N) is 5. The number of imide groups is 1. The number of Topliss-reactive ketones (excluding diaryl/α,β-unsaturated/α-hetero) is 1. The first kappa shape index (κ1) is 28.3. The zero-order valence-corrected chi connectivity index (χ0v) is 24.1. The molecular weight excluding hydrogens is 586 g/mol. The molecule has 13 heteroatoms. The zero-order valence-electron chi connectivity index (χ0n) is 24.1. The number of pyridine rings is 1. The van der Waals surface area contributed by atoms with Crippen LogP contribution in [-0.2, 0) is 11.2 Å². The van der Waals surface area contributed by atoms with Crippen LogP contribution < -0.4 is 15.4 Å². The van der Waals surface area contributed by atoms with E-state index in [1.54, 1.807) is 26.0 Å². The number of aryl methyl sites for hydroxylation is 2. The van der Waals surface area contributed by atoms with Crippen molar-refractivity contribution in [3.63, 3.8) is 0 Å². The summed E-state index contributed by atoms with van der Waals surface area (Å²) in [7, 11) is 0. The van der Waals surface area contributed by atoms with Crippen LogP contribution in [0.2, 0.25) is 0 Å². The van der Waals surface area contributed by atoms with Gasteiger partial charge in [-0.15, -0.1) is 0 Å². The number of aliphatic hydroxyl groups is 1. The van der Waals surface area contributed by atoms with Gasteiger partial charge in [0.1, 0.15) is 11.9 Å². The third-order valence-corrected chi connectivity index (χ3v) is 8.39. The number of aliphatic hydroxyl groups excluding tert-OH is 1. The Labute approximate surface area is 255 Å². The van der Waals surface area contributed by atoms with Gasteiger partial charge in [-0.2, -0.15) is 5.10 Å². The van der Waals surface area contributed by atoms with E-state index in [0.29, 0.717) is 28.1 Å². The topological polar surface area (TPSA) is 144 Å². The third kappa shape index (κ3) is 4.54. The second kappa shape index (κ2) is 10.3. The van der Waals surface area contributed by atoms with Crippen LogP contribution in [0.15, 0.2) is 54.4 Å². The number of carbonyl (C=O) groups is 3. The normalized spacial score (nSPS) is 18.8. The third-order valence-electron chi connectivity index (χ3n) is 8.39. The van der Waals surface area contributed by atoms with Gasteiger partial charge in [0.25, 0.3) is 5.91 Å². The number of amides is 3. The molecule has 7 rings (SSSR count). The van der Waals surface area contributed by atoms with Crippen LogP contribution >= 0.6 is 0 Å². The molecule has 4 heterocycles. The van der Waals surface area contributed by atoms with E-state index in [2.05, 4.69) is 10.1 Å². The van der Waals surface area contributed by atoms with E-state index < -0.39 is 35.6 Å². The Morgan fingerprint density at radius 3 is 2.51 bits per heavy atom. The summed E-state index contributed by atoms with van der Waals surface area (Å²) in [5.41, 5.74) is 10.7. The maximum atomic E-state index is 14.0. The largest absolute Gasteiger partial charge is 0.433 e. The van der Waals surface area contributed by atoms with E-state index >= 15 is 0 Å². The molecule has 45 heavy (non-hydrogen) atoms. The Balaban J connectivity index is 1.11. The summed E-state index contributed by atoms with van der Waals surface area (Å²) in [5.74, 6) is -2.98. The summed E-state index contributed by atoms with van der Waals surface area (Å²) < 4.78 is 34.7. The lowest BCUT2D eigenvalue weighted by Crippen LogP contribution is -2.35. The number of urea groups is 1. The van der Waals surface area contributed by atoms with E-state index in [4.69, 9.17) is 10.5 Å². The predicted molar refractivity (Wildman–Crippen MR) is 158 cm³/mol. The molecule has 3 N–H and O–H groups in total. The van der Waals surface area contributed by atoms with Crippen molar-refractivity contribution in [3.05, 3.63) is 93.8 Å². The number of carbonyl (C=O) groups excluding carboxylic acids is 3. The van der Waals surface area contributed by atoms with Crippen molar-refractivity contribution in [2.24, 2.45) is 0 Å². The first-order chi connectivity index (χ1) is 21.5. The molecule has 2 atom stereocenters. The Morgan fingerprint density at radius 1 is 1.07 bits per heavy atom. The number of rotatable bonds is 6. The van der Waals surface area contributed by atoms with Gasteiger partial charge in [0.05, 0.1) is 35.4 Å². The molecule has 2 aliphatic heterocycles. The molecular formula is C32H26F2N6O5. The Morgan fingerprint density at radius 2 is 1.80 bits per heavy atom. The van der Waals surface area contributed by atoms with Gasteiger partial charge in [-0.25, -0.2) is 28.1 Å². The number of nitrogen functional groups attached to an aromatic ring is 1. The molecule has 1 unspecified atom stereocenters. The van der Waals surface area contributed by atoms with Crippen LogP contribution in [0.1, 0.15) is 39.0 Å². The fourth-order valence-corrected chi connectivity index (χ4v) is 6.12. The van der Waals surface area contributed by atoms with Gasteiger partial charge in [-0.3, -0.25) is 9.59 Å². The molecule has 2 fully saturated rings. The van der Waals surface area contributed by atoms with Gasteiger partial charge in [-0.05, 0) is 66.4 Å². The van der Waals surface area contributed by atoms with Gasteiger partial charge in [0.2, 0.25) is 11.6 Å². The maximum absolute atomic E-state index is 14.0. The van der Waals surface area contributed by atoms with Crippen molar-refractivity contribution < 1.29 is 33.0 Å². The number of hydrogen-bond donors (Lipinski definition) is 2. The van der Waals surface area contributed by atoms with E-state index in [-0.39, 0.29) is 48.3 Å². The number of ketones is 1. The molecule has 0 saturated carbocycles. The van der Waals surface area contributed by atoms with Crippen molar-refractivity contribution in [1.82, 2.24) is 19.7 Å². The molecule has 4 aromatic rings. The monoisotopic (exact) mass is 612 g/mol. The summed E-state index contributed by atoms with van der Waals surface area (Å²) in [4.78, 5) is 46.5. The number of ether oxygens (including phenoxy) is 1. The number of aromatic nitrogens is 3. The zero-order chi connectivity index (χ0) is 31.7. The average Bonchev–Trinajstić information content (AvgIpc) is 3.74. The number of hydrogen-bond acceptors (Lipinski definition) is 8. The molecule has 0 radical (unpaired) electrons. The summed E-state index contributed by atoms with van der Waals surface area (Å²) in [6, 6.07) is 7.31. The predicted octanol–water partition coefficient (Wildman–Crippen LogP) is 4.26. The first-order valence-electron chi connectivity index (χ1n) is 14.2. The van der Waals surface area contributed by atoms with Crippen molar-refractivity contribution in [2.75, 3.05) is 17.2 Å². The summed E-state index contributed by atoms with van der Waals surface area (Å²) in [6.45, 7) is 3.62. The molecule has 3 amide bonds. The van der Waals surface area contributed by atoms with Gasteiger partial charge in [0.15, 0.2) is 17.4 Å². The van der Waals surface area contributed by atoms with Crippen LogP contribution in [0.25, 0.3) is 11.8 Å². The first-order valence-corrected chi connectivity index (χ1v) is 14.2. The number of nitrogens with two attached hydrogens (primary N) is 1. The van der Waals surface area contributed by atoms with Crippen LogP contribution in [-0.4, -0.2) is 61.2 Å². The van der Waals surface area contributed by atoms with Crippen LogP contribution in [0, 0.1) is 25.5 Å². The van der Waals surface area contributed by atoms with E-state index in [0.717, 1.165) is 28.2 Å². The van der Waals surface area contributed by atoms with E-state index in [1.165, 1.54) is 34.1 Å². The second-order valence-electron chi connectivity index (χ2n) is 11.3. The molecule has 0 bridgehead atoms. The van der Waals surface area contributed by atoms with Gasteiger partial charge >= 0.3 is 6.03 Å². The molecule has 2 saturated heterocycles. The highest BCUT2D eigenvalue weighted by Crippen LogP contribution is 2.38. The lowest BCUT2D eigenvalue weighted by atomic mass is 10.0. The number of para-hydroxylation sites is 1. The highest BCUT2D eigenvalue weighted by Gasteiger charge is 2.51. The highest BCUT2D eigenvalue weighted by molar-refractivity contribution is 6.22. The van der Waals surface area contributed by atoms with Gasteiger partial charge < -0.3 is 20.5 Å². The molecule has 0 spiro atoms. The second-order valence-corrected chi connectivity index (χ2v) is 11.3. The summed E-state index contributed by atoms with van der Waals surface area (Å²) in [6.07, 6.45) is 4.25. The molecule has 2 aromatic carbocycles. The van der Waals surface area contributed by atoms with Crippen molar-refractivity contribution >= 4 is 35.3 Å². The molecule has 2 aromatic heterocycles. The smallest absolute Gasteiger partial charge is 0.332 e. The molecule has 11 nitrogen and oxygen atoms in total. The minimum absolute atomic E-state index is 0.0406. The fraction of sp³-hybridized carbons (Fsp3) is 0.219. The lowest BCUT2D eigenvalue weighted by molar-refractivity contribution is -0.119. The number of benzene rings is 2. The number of allylic oxidation sites excluding steroid dienone is 1. The van der Waals surface area contributed by atoms with Crippen LogP contribution in [0.3, 0.4) is 0 Å². The average molecular weight is 613 g/mol. The summed E-state index contributed by atoms with van der Waals surface area (Å²) in [5, 5.41) is 14.2. The van der Waals surface area contributed by atoms with Crippen molar-refractivity contribution in [2.45, 2.75) is 38.8 Å². The SMILES string of the molecule is Cc1cc2c(cc1N1C(=O)[C@@H]3CC(O)CN3C1=O)CC(C(=O)c1cnn(-c3cnc(Oc4c(F)cccc4F)cc3C)c1N)=C2. The Bertz CT molecular complexity index is 1940. The number of anilines is 2. The van der Waals surface area contributed by atoms with Gasteiger partial charge in [0, 0.05) is 31.0 Å². The van der Waals surface area contributed by atoms with E-state index in [1.807, 2.05) is 6.07 Å². The van der Waals surface area contributed by atoms with Crippen molar-refractivity contribution in [3.8, 4) is 17.3 Å². The number of fused-ring (bicyclic) bond motifs is 2. The van der Waals surface area contributed by atoms with Crippen LogP contribution in [0.4, 0.5) is 25.1 Å². The standard InChI is InChI=1S/C32H26F2N6O5/c1-15-6-17-8-19(9-18(17)10-24(15)39-31(43)25-11-20(41)14-38(25)32(39)44)28(42)21-12-37-40(30(21)35)26-13-36-27(7-16(26)2)45-29-22(33)4-3-5-23(29)34/h3-8,10,12-13,20,25,41H,9,11,14,35H2,1-2H3/t20?,25-/m0/s1. The molecule has 1 aliphatic carbocycles. The quantitative estimate of drug-likeness (QED) is 0.243. The highest BCUT2D eigenvalue weighted by atomic mass is 19.1. The number of halogens is 2. The molecule has 228 valence electrons.